The van der Waals surface area contributed by atoms with Gasteiger partial charge in [-0.15, -0.1) is 0 Å². The number of methoxy groups -OCH3 is 1. The molecule has 0 aliphatic rings. The molecule has 1 unspecified atom stereocenters. The Bertz CT molecular complexity index is 947. The predicted molar refractivity (Wildman–Crippen MR) is 111 cm³/mol. The van der Waals surface area contributed by atoms with Gasteiger partial charge in [0, 0.05) is 19.2 Å². The molecule has 0 spiro atoms. The first-order valence-electron chi connectivity index (χ1n) is 9.47. The summed E-state index contributed by atoms with van der Waals surface area (Å²) in [6, 6.07) is 14.1. The topological polar surface area (TPSA) is 111 Å². The fourth-order valence-corrected chi connectivity index (χ4v) is 3.79. The number of hydrogen-bond donors (Lipinski definition) is 2. The van der Waals surface area contributed by atoms with Crippen LogP contribution in [0.4, 0.5) is 0 Å². The van der Waals surface area contributed by atoms with Crippen LogP contribution >= 0.6 is 0 Å². The van der Waals surface area contributed by atoms with Crippen LogP contribution in [0.15, 0.2) is 59.5 Å². The number of carbonyl (C=O) groups is 2. The van der Waals surface area contributed by atoms with E-state index >= 15 is 0 Å². The van der Waals surface area contributed by atoms with Crippen LogP contribution in [-0.4, -0.2) is 47.2 Å². The van der Waals surface area contributed by atoms with Crippen LogP contribution in [0.25, 0.3) is 0 Å². The third-order valence-electron chi connectivity index (χ3n) is 4.19. The average Bonchev–Trinajstić information content (AvgIpc) is 2.74. The van der Waals surface area contributed by atoms with Crippen LogP contribution in [0.2, 0.25) is 0 Å². The number of amides is 1. The standard InChI is InChI=1S/C21H26N2O6S/c1-3-29-20(24)15-19(16-8-5-4-6-9-16)23-21(25)17-10-7-11-18(14-17)30(26,27)22-12-13-28-2/h4-11,14,19,22H,3,12-13,15H2,1-2H3,(H,23,25). The molecule has 0 heterocycles. The Morgan fingerprint density at radius 2 is 1.80 bits per heavy atom. The van der Waals surface area contributed by atoms with Gasteiger partial charge in [0.1, 0.15) is 0 Å². The Balaban J connectivity index is 2.20. The third kappa shape index (κ3) is 6.94. The minimum Gasteiger partial charge on any atom is -0.466 e. The van der Waals surface area contributed by atoms with Crippen LogP contribution in [0.1, 0.15) is 35.3 Å². The second-order valence-electron chi connectivity index (χ2n) is 6.36. The maximum Gasteiger partial charge on any atom is 0.308 e. The lowest BCUT2D eigenvalue weighted by molar-refractivity contribution is -0.143. The summed E-state index contributed by atoms with van der Waals surface area (Å²) in [5.74, 6) is -0.938. The van der Waals surface area contributed by atoms with E-state index in [4.69, 9.17) is 9.47 Å². The highest BCUT2D eigenvalue weighted by Gasteiger charge is 2.21. The van der Waals surface area contributed by atoms with Crippen molar-refractivity contribution in [1.29, 1.82) is 0 Å². The number of hydrogen-bond acceptors (Lipinski definition) is 6. The van der Waals surface area contributed by atoms with Crippen LogP contribution in [0.3, 0.4) is 0 Å². The van der Waals surface area contributed by atoms with E-state index in [-0.39, 0.29) is 36.6 Å². The summed E-state index contributed by atoms with van der Waals surface area (Å²) >= 11 is 0. The van der Waals surface area contributed by atoms with Crippen molar-refractivity contribution in [2.75, 3.05) is 26.9 Å². The normalized spacial score (nSPS) is 12.2. The molecule has 1 amide bonds. The van der Waals surface area contributed by atoms with Gasteiger partial charge in [0.15, 0.2) is 0 Å². The molecule has 162 valence electrons. The summed E-state index contributed by atoms with van der Waals surface area (Å²) < 4.78 is 37.0. The van der Waals surface area contributed by atoms with Gasteiger partial charge < -0.3 is 14.8 Å². The van der Waals surface area contributed by atoms with E-state index in [1.165, 1.54) is 31.4 Å². The van der Waals surface area contributed by atoms with Crippen molar-refractivity contribution in [1.82, 2.24) is 10.0 Å². The number of sulfonamides is 1. The van der Waals surface area contributed by atoms with E-state index in [9.17, 15) is 18.0 Å². The molecule has 9 heteroatoms. The number of nitrogens with one attached hydrogen (secondary N) is 2. The molecular formula is C21H26N2O6S. The molecule has 0 aliphatic heterocycles. The summed E-state index contributed by atoms with van der Waals surface area (Å²) in [6.45, 7) is 2.29. The molecule has 8 nitrogen and oxygen atoms in total. The molecule has 30 heavy (non-hydrogen) atoms. The zero-order valence-corrected chi connectivity index (χ0v) is 17.8. The quantitative estimate of drug-likeness (QED) is 0.414. The van der Waals surface area contributed by atoms with Gasteiger partial charge in [0.2, 0.25) is 10.0 Å². The summed E-state index contributed by atoms with van der Waals surface area (Å²) in [7, 11) is -2.31. The van der Waals surface area contributed by atoms with Crippen molar-refractivity contribution >= 4 is 21.9 Å². The zero-order valence-electron chi connectivity index (χ0n) is 17.0. The van der Waals surface area contributed by atoms with Gasteiger partial charge in [-0.05, 0) is 30.7 Å². The lowest BCUT2D eigenvalue weighted by atomic mass is 10.0. The Labute approximate surface area is 176 Å². The van der Waals surface area contributed by atoms with E-state index in [0.717, 1.165) is 5.56 Å². The first-order chi connectivity index (χ1) is 14.4. The maximum atomic E-state index is 12.8. The van der Waals surface area contributed by atoms with Crippen molar-refractivity contribution in [3.63, 3.8) is 0 Å². The second kappa shape index (κ2) is 11.4. The smallest absolute Gasteiger partial charge is 0.308 e. The fraction of sp³-hybridized carbons (Fsp3) is 0.333. The van der Waals surface area contributed by atoms with Crippen molar-refractivity contribution in [3.8, 4) is 0 Å². The van der Waals surface area contributed by atoms with Crippen LogP contribution in [-0.2, 0) is 24.3 Å². The Morgan fingerprint density at radius 3 is 2.47 bits per heavy atom. The van der Waals surface area contributed by atoms with Gasteiger partial charge in [0.25, 0.3) is 5.91 Å². The van der Waals surface area contributed by atoms with Crippen molar-refractivity contribution < 1.29 is 27.5 Å². The minimum atomic E-state index is -3.78. The highest BCUT2D eigenvalue weighted by atomic mass is 32.2. The lowest BCUT2D eigenvalue weighted by Crippen LogP contribution is -2.31. The zero-order chi connectivity index (χ0) is 22.0. The van der Waals surface area contributed by atoms with Gasteiger partial charge in [-0.3, -0.25) is 9.59 Å². The molecule has 1 atom stereocenters. The van der Waals surface area contributed by atoms with Crippen LogP contribution in [0, 0.1) is 0 Å². The lowest BCUT2D eigenvalue weighted by Gasteiger charge is -2.19. The summed E-state index contributed by atoms with van der Waals surface area (Å²) in [4.78, 5) is 24.8. The first-order valence-corrected chi connectivity index (χ1v) is 11.0. The second-order valence-corrected chi connectivity index (χ2v) is 8.13. The van der Waals surface area contributed by atoms with Crippen molar-refractivity contribution in [2.45, 2.75) is 24.3 Å². The van der Waals surface area contributed by atoms with Crippen molar-refractivity contribution in [3.05, 3.63) is 65.7 Å². The highest BCUT2D eigenvalue weighted by molar-refractivity contribution is 7.89. The molecule has 0 radical (unpaired) electrons. The third-order valence-corrected chi connectivity index (χ3v) is 5.65. The van der Waals surface area contributed by atoms with Crippen LogP contribution in [0.5, 0.6) is 0 Å². The number of benzene rings is 2. The molecule has 2 aromatic carbocycles. The highest BCUT2D eigenvalue weighted by Crippen LogP contribution is 2.19. The van der Waals surface area contributed by atoms with E-state index in [2.05, 4.69) is 10.0 Å². The SMILES string of the molecule is CCOC(=O)CC(NC(=O)c1cccc(S(=O)(=O)NCCOC)c1)c1ccccc1. The number of carbonyl (C=O) groups excluding carboxylic acids is 2. The molecular weight excluding hydrogens is 408 g/mol. The fourth-order valence-electron chi connectivity index (χ4n) is 2.73. The van der Waals surface area contributed by atoms with Crippen LogP contribution < -0.4 is 10.0 Å². The van der Waals surface area contributed by atoms with Gasteiger partial charge in [-0.2, -0.15) is 0 Å². The Kier molecular flexibility index (Phi) is 8.97. The monoisotopic (exact) mass is 434 g/mol. The van der Waals surface area contributed by atoms with E-state index in [1.807, 2.05) is 6.07 Å². The molecule has 0 aromatic heterocycles. The van der Waals surface area contributed by atoms with Gasteiger partial charge >= 0.3 is 5.97 Å². The molecule has 2 N–H and O–H groups in total. The molecule has 0 bridgehead atoms. The summed E-state index contributed by atoms with van der Waals surface area (Å²) in [6.07, 6.45) is -0.0415. The average molecular weight is 435 g/mol. The van der Waals surface area contributed by atoms with Gasteiger partial charge in [-0.25, -0.2) is 13.1 Å². The first kappa shape index (κ1) is 23.5. The van der Waals surface area contributed by atoms with Gasteiger partial charge in [0.05, 0.1) is 30.6 Å². The van der Waals surface area contributed by atoms with E-state index in [1.54, 1.807) is 31.2 Å². The van der Waals surface area contributed by atoms with E-state index < -0.39 is 27.9 Å². The van der Waals surface area contributed by atoms with E-state index in [0.29, 0.717) is 0 Å². The van der Waals surface area contributed by atoms with Crippen molar-refractivity contribution in [2.24, 2.45) is 0 Å². The summed E-state index contributed by atoms with van der Waals surface area (Å²) in [5.41, 5.74) is 0.901. The predicted octanol–water partition coefficient (Wildman–Crippen LogP) is 2.04. The molecule has 0 saturated heterocycles. The largest absolute Gasteiger partial charge is 0.466 e. The Morgan fingerprint density at radius 1 is 1.07 bits per heavy atom. The number of esters is 1. The minimum absolute atomic E-state index is 0.0343. The molecule has 0 aliphatic carbocycles. The molecule has 2 aromatic rings. The molecule has 0 fully saturated rings. The Hall–Kier alpha value is -2.75. The summed E-state index contributed by atoms with van der Waals surface area (Å²) in [5, 5.41) is 2.79. The van der Waals surface area contributed by atoms with Gasteiger partial charge in [-0.1, -0.05) is 36.4 Å². The maximum absolute atomic E-state index is 12.8. The molecule has 2 rings (SSSR count). The number of ether oxygens (including phenoxy) is 2. The molecule has 0 saturated carbocycles. The number of rotatable bonds is 11.